The Morgan fingerprint density at radius 3 is 2.46 bits per heavy atom. The monoisotopic (exact) mass is 333 g/mol. The summed E-state index contributed by atoms with van der Waals surface area (Å²) >= 11 is 0. The zero-order valence-corrected chi connectivity index (χ0v) is 15.2. The van der Waals surface area contributed by atoms with Crippen LogP contribution in [-0.4, -0.2) is 44.7 Å². The topological polar surface area (TPSA) is 63.1 Å². The maximum Gasteiger partial charge on any atom is 0.223 e. The van der Waals surface area contributed by atoms with Crippen LogP contribution in [0.15, 0.2) is 6.33 Å². The Labute approximate surface area is 145 Å². The molecule has 1 aliphatic carbocycles. The number of carbonyl (C=O) groups is 1. The fourth-order valence-electron chi connectivity index (χ4n) is 4.10. The van der Waals surface area contributed by atoms with E-state index in [0.717, 1.165) is 31.8 Å². The zero-order valence-electron chi connectivity index (χ0n) is 15.2. The number of amides is 1. The van der Waals surface area contributed by atoms with Gasteiger partial charge in [0.05, 0.1) is 6.04 Å². The standard InChI is InChI=1S/C18H31N5O/c1-13(2)22-10-8-15(9-11-22)18(24)20-14(3)17-21-19-12-23(17)16-6-4-5-7-16/h12-16H,4-11H2,1-3H3,(H,20,24)/t14-/m0/s1. The van der Waals surface area contributed by atoms with Crippen LogP contribution < -0.4 is 5.32 Å². The molecule has 0 aromatic carbocycles. The zero-order chi connectivity index (χ0) is 17.1. The summed E-state index contributed by atoms with van der Waals surface area (Å²) in [6.07, 6.45) is 8.67. The van der Waals surface area contributed by atoms with Crippen LogP contribution in [0.3, 0.4) is 0 Å². The molecular weight excluding hydrogens is 302 g/mol. The van der Waals surface area contributed by atoms with Gasteiger partial charge in [0.1, 0.15) is 6.33 Å². The van der Waals surface area contributed by atoms with Crippen molar-refractivity contribution in [1.82, 2.24) is 25.0 Å². The summed E-state index contributed by atoms with van der Waals surface area (Å²) in [5.74, 6) is 1.20. The lowest BCUT2D eigenvalue weighted by atomic mass is 9.95. The number of likely N-dealkylation sites (tertiary alicyclic amines) is 1. The first-order valence-electron chi connectivity index (χ1n) is 9.50. The minimum Gasteiger partial charge on any atom is -0.346 e. The molecule has 2 fully saturated rings. The SMILES string of the molecule is CC(C)N1CCC(C(=O)N[C@@H](C)c2nncn2C2CCCC2)CC1. The molecule has 1 aromatic heterocycles. The number of rotatable bonds is 5. The third kappa shape index (κ3) is 3.79. The van der Waals surface area contributed by atoms with Crippen molar-refractivity contribution < 1.29 is 4.79 Å². The number of aromatic nitrogens is 3. The van der Waals surface area contributed by atoms with E-state index < -0.39 is 0 Å². The van der Waals surface area contributed by atoms with Crippen molar-refractivity contribution in [2.24, 2.45) is 5.92 Å². The molecule has 1 saturated carbocycles. The van der Waals surface area contributed by atoms with Gasteiger partial charge in [0.15, 0.2) is 5.82 Å². The molecule has 1 atom stereocenters. The Balaban J connectivity index is 1.56. The van der Waals surface area contributed by atoms with Crippen LogP contribution in [0.1, 0.15) is 77.2 Å². The van der Waals surface area contributed by atoms with Crippen molar-refractivity contribution in [3.63, 3.8) is 0 Å². The van der Waals surface area contributed by atoms with Crippen LogP contribution in [0, 0.1) is 5.92 Å². The van der Waals surface area contributed by atoms with E-state index in [1.54, 1.807) is 0 Å². The van der Waals surface area contributed by atoms with E-state index in [1.165, 1.54) is 25.7 Å². The second-order valence-corrected chi connectivity index (χ2v) is 7.67. The van der Waals surface area contributed by atoms with Gasteiger partial charge in [-0.25, -0.2) is 0 Å². The first-order valence-corrected chi connectivity index (χ1v) is 9.50. The Kier molecular flexibility index (Phi) is 5.54. The predicted octanol–water partition coefficient (Wildman–Crippen LogP) is 2.69. The third-order valence-corrected chi connectivity index (χ3v) is 5.70. The third-order valence-electron chi connectivity index (χ3n) is 5.70. The Bertz CT molecular complexity index is 541. The molecule has 24 heavy (non-hydrogen) atoms. The average Bonchev–Trinajstić information content (AvgIpc) is 3.25. The molecule has 0 radical (unpaired) electrons. The van der Waals surface area contributed by atoms with Gasteiger partial charge in [0, 0.05) is 18.0 Å². The van der Waals surface area contributed by atoms with E-state index in [9.17, 15) is 4.79 Å². The molecule has 2 heterocycles. The number of hydrogen-bond acceptors (Lipinski definition) is 4. The van der Waals surface area contributed by atoms with Gasteiger partial charge in [-0.1, -0.05) is 12.8 Å². The Morgan fingerprint density at radius 1 is 1.17 bits per heavy atom. The van der Waals surface area contributed by atoms with Gasteiger partial charge in [0.25, 0.3) is 0 Å². The highest BCUT2D eigenvalue weighted by molar-refractivity contribution is 5.79. The molecular formula is C18H31N5O. The van der Waals surface area contributed by atoms with E-state index in [-0.39, 0.29) is 17.9 Å². The van der Waals surface area contributed by atoms with E-state index in [1.807, 2.05) is 13.3 Å². The van der Waals surface area contributed by atoms with Crippen LogP contribution in [0.25, 0.3) is 0 Å². The Morgan fingerprint density at radius 2 is 1.83 bits per heavy atom. The predicted molar refractivity (Wildman–Crippen MR) is 93.5 cm³/mol. The molecule has 3 rings (SSSR count). The summed E-state index contributed by atoms with van der Waals surface area (Å²) in [5.41, 5.74) is 0. The van der Waals surface area contributed by atoms with Crippen LogP contribution in [0.4, 0.5) is 0 Å². The summed E-state index contributed by atoms with van der Waals surface area (Å²) in [7, 11) is 0. The lowest BCUT2D eigenvalue weighted by Gasteiger charge is -2.34. The van der Waals surface area contributed by atoms with Gasteiger partial charge in [-0.2, -0.15) is 0 Å². The van der Waals surface area contributed by atoms with E-state index in [4.69, 9.17) is 0 Å². The highest BCUT2D eigenvalue weighted by Crippen LogP contribution is 2.31. The molecule has 1 N–H and O–H groups in total. The van der Waals surface area contributed by atoms with Crippen molar-refractivity contribution in [3.8, 4) is 0 Å². The molecule has 1 amide bonds. The smallest absolute Gasteiger partial charge is 0.223 e. The van der Waals surface area contributed by atoms with Crippen molar-refractivity contribution in [3.05, 3.63) is 12.2 Å². The van der Waals surface area contributed by atoms with Crippen LogP contribution in [0.5, 0.6) is 0 Å². The first kappa shape index (κ1) is 17.4. The van der Waals surface area contributed by atoms with E-state index >= 15 is 0 Å². The maximum atomic E-state index is 12.6. The fraction of sp³-hybridized carbons (Fsp3) is 0.833. The summed E-state index contributed by atoms with van der Waals surface area (Å²) in [6, 6.07) is 0.991. The van der Waals surface area contributed by atoms with Gasteiger partial charge < -0.3 is 14.8 Å². The van der Waals surface area contributed by atoms with Crippen LogP contribution >= 0.6 is 0 Å². The van der Waals surface area contributed by atoms with Crippen molar-refractivity contribution >= 4 is 5.91 Å². The summed E-state index contributed by atoms with van der Waals surface area (Å²) in [6.45, 7) is 8.50. The Hall–Kier alpha value is -1.43. The summed E-state index contributed by atoms with van der Waals surface area (Å²) in [5, 5.41) is 11.6. The van der Waals surface area contributed by atoms with Gasteiger partial charge in [-0.15, -0.1) is 10.2 Å². The second-order valence-electron chi connectivity index (χ2n) is 7.67. The highest BCUT2D eigenvalue weighted by atomic mass is 16.2. The molecule has 1 saturated heterocycles. The second kappa shape index (κ2) is 7.64. The molecule has 1 aliphatic heterocycles. The normalized spacial score (nSPS) is 22.2. The van der Waals surface area contributed by atoms with Gasteiger partial charge in [-0.3, -0.25) is 4.79 Å². The quantitative estimate of drug-likeness (QED) is 0.900. The minimum absolute atomic E-state index is 0.0799. The average molecular weight is 333 g/mol. The molecule has 6 nitrogen and oxygen atoms in total. The molecule has 0 bridgehead atoms. The molecule has 1 aromatic rings. The largest absolute Gasteiger partial charge is 0.346 e. The van der Waals surface area contributed by atoms with Gasteiger partial charge >= 0.3 is 0 Å². The van der Waals surface area contributed by atoms with Gasteiger partial charge in [-0.05, 0) is 59.5 Å². The molecule has 6 heteroatoms. The fourth-order valence-corrected chi connectivity index (χ4v) is 4.10. The summed E-state index contributed by atoms with van der Waals surface area (Å²) in [4.78, 5) is 15.1. The van der Waals surface area contributed by atoms with E-state index in [0.29, 0.717) is 12.1 Å². The molecule has 0 spiro atoms. The number of nitrogens with one attached hydrogen (secondary N) is 1. The van der Waals surface area contributed by atoms with Gasteiger partial charge in [0.2, 0.25) is 5.91 Å². The maximum absolute atomic E-state index is 12.6. The van der Waals surface area contributed by atoms with Crippen LogP contribution in [-0.2, 0) is 4.79 Å². The van der Waals surface area contributed by atoms with Crippen molar-refractivity contribution in [2.45, 2.75) is 77.4 Å². The number of hydrogen-bond donors (Lipinski definition) is 1. The first-order chi connectivity index (χ1) is 11.6. The van der Waals surface area contributed by atoms with E-state index in [2.05, 4.69) is 38.8 Å². The summed E-state index contributed by atoms with van der Waals surface area (Å²) < 4.78 is 2.18. The highest BCUT2D eigenvalue weighted by Gasteiger charge is 2.28. The molecule has 0 unspecified atom stereocenters. The lowest BCUT2D eigenvalue weighted by molar-refractivity contribution is -0.127. The van der Waals surface area contributed by atoms with Crippen molar-refractivity contribution in [2.75, 3.05) is 13.1 Å². The molecule has 134 valence electrons. The minimum atomic E-state index is -0.0799. The lowest BCUT2D eigenvalue weighted by Crippen LogP contribution is -2.43. The van der Waals surface area contributed by atoms with Crippen LogP contribution in [0.2, 0.25) is 0 Å². The number of nitrogens with zero attached hydrogens (tertiary/aromatic N) is 4. The van der Waals surface area contributed by atoms with Crippen molar-refractivity contribution in [1.29, 1.82) is 0 Å². The molecule has 2 aliphatic rings. The number of carbonyl (C=O) groups excluding carboxylic acids is 1. The number of piperidine rings is 1.